The fraction of sp³-hybridized carbons (Fsp3) is 0.167. The van der Waals surface area contributed by atoms with Crippen LogP contribution in [-0.4, -0.2) is 26.6 Å². The molecule has 2 heterocycles. The first-order valence-corrected chi connectivity index (χ1v) is 10.5. The number of halogens is 3. The first-order chi connectivity index (χ1) is 16.6. The van der Waals surface area contributed by atoms with Crippen molar-refractivity contribution in [2.24, 2.45) is 16.9 Å². The van der Waals surface area contributed by atoms with Crippen molar-refractivity contribution in [2.45, 2.75) is 18.6 Å². The number of amides is 2. The number of hydrogen-bond acceptors (Lipinski definition) is 5. The van der Waals surface area contributed by atoms with E-state index in [1.807, 2.05) is 0 Å². The summed E-state index contributed by atoms with van der Waals surface area (Å²) in [6.45, 7) is 0. The molecule has 1 saturated carbocycles. The van der Waals surface area contributed by atoms with Gasteiger partial charge in [0.1, 0.15) is 16.9 Å². The molecule has 178 valence electrons. The zero-order valence-corrected chi connectivity index (χ0v) is 18.0. The number of nitrogens with zero attached hydrogens (tertiary/aromatic N) is 3. The number of pyridine rings is 1. The van der Waals surface area contributed by atoms with Crippen LogP contribution in [0.3, 0.4) is 0 Å². The lowest BCUT2D eigenvalue weighted by Crippen LogP contribution is -2.38. The maximum atomic E-state index is 12.8. The molecule has 35 heavy (non-hydrogen) atoms. The summed E-state index contributed by atoms with van der Waals surface area (Å²) >= 11 is 0. The quantitative estimate of drug-likeness (QED) is 0.405. The Hall–Kier alpha value is -4.41. The van der Waals surface area contributed by atoms with Crippen molar-refractivity contribution in [2.75, 3.05) is 0 Å². The van der Waals surface area contributed by atoms with Crippen LogP contribution in [0.1, 0.15) is 17.9 Å². The molecule has 1 fully saturated rings. The van der Waals surface area contributed by atoms with Crippen molar-refractivity contribution in [3.63, 3.8) is 0 Å². The van der Waals surface area contributed by atoms with Gasteiger partial charge < -0.3 is 16.2 Å². The molecule has 0 saturated heterocycles. The fourth-order valence-electron chi connectivity index (χ4n) is 4.23. The van der Waals surface area contributed by atoms with E-state index in [9.17, 15) is 22.8 Å². The summed E-state index contributed by atoms with van der Waals surface area (Å²) in [4.78, 5) is 27.8. The summed E-state index contributed by atoms with van der Waals surface area (Å²) in [5.74, 6) is -0.836. The normalized spacial score (nSPS) is 16.7. The van der Waals surface area contributed by atoms with Crippen molar-refractivity contribution in [3.8, 4) is 22.6 Å². The molecule has 1 aliphatic rings. The highest BCUT2D eigenvalue weighted by Crippen LogP contribution is 2.59. The maximum Gasteiger partial charge on any atom is 0.504 e. The summed E-state index contributed by atoms with van der Waals surface area (Å²) in [7, 11) is 0. The molecule has 1 atom stereocenters. The zero-order chi connectivity index (χ0) is 25.0. The van der Waals surface area contributed by atoms with Crippen LogP contribution < -0.4 is 16.2 Å². The number of benzene rings is 2. The zero-order valence-electron chi connectivity index (χ0n) is 18.0. The van der Waals surface area contributed by atoms with Crippen molar-refractivity contribution >= 4 is 22.7 Å². The van der Waals surface area contributed by atoms with E-state index in [1.165, 1.54) is 6.20 Å². The SMILES string of the molecule is NC(=O)C1(C(N)=O)CC1c1ccc(Oc2ccnc3cc(-c4cnn(C(F)(F)F)c4)ccc23)cc1. The molecular weight excluding hydrogens is 463 g/mol. The Kier molecular flexibility index (Phi) is 5.01. The number of fused-ring (bicyclic) bond motifs is 1. The average molecular weight is 481 g/mol. The van der Waals surface area contributed by atoms with E-state index in [0.29, 0.717) is 33.5 Å². The second-order valence-electron chi connectivity index (χ2n) is 8.31. The fourth-order valence-corrected chi connectivity index (χ4v) is 4.23. The molecule has 11 heteroatoms. The van der Waals surface area contributed by atoms with E-state index >= 15 is 0 Å². The molecule has 2 amide bonds. The van der Waals surface area contributed by atoms with Gasteiger partial charge in [-0.1, -0.05) is 18.2 Å². The second-order valence-corrected chi connectivity index (χ2v) is 8.31. The summed E-state index contributed by atoms with van der Waals surface area (Å²) in [6, 6.07) is 13.6. The molecule has 1 aliphatic carbocycles. The van der Waals surface area contributed by atoms with Gasteiger partial charge in [0, 0.05) is 29.3 Å². The lowest BCUT2D eigenvalue weighted by Gasteiger charge is -2.11. The van der Waals surface area contributed by atoms with Crippen LogP contribution in [0, 0.1) is 5.41 Å². The molecule has 1 unspecified atom stereocenters. The molecule has 4 aromatic rings. The average Bonchev–Trinajstić information content (AvgIpc) is 3.39. The molecule has 0 aliphatic heterocycles. The second kappa shape index (κ2) is 7.83. The molecule has 0 spiro atoms. The number of aromatic nitrogens is 3. The number of carbonyl (C=O) groups excluding carboxylic acids is 2. The predicted molar refractivity (Wildman–Crippen MR) is 119 cm³/mol. The number of rotatable bonds is 6. The van der Waals surface area contributed by atoms with Crippen molar-refractivity contribution < 1.29 is 27.5 Å². The van der Waals surface area contributed by atoms with Crippen LogP contribution in [0.5, 0.6) is 11.5 Å². The van der Waals surface area contributed by atoms with E-state index in [0.717, 1.165) is 18.0 Å². The van der Waals surface area contributed by atoms with E-state index in [4.69, 9.17) is 16.2 Å². The Morgan fingerprint density at radius 2 is 1.74 bits per heavy atom. The van der Waals surface area contributed by atoms with Crippen LogP contribution in [0.4, 0.5) is 13.2 Å². The van der Waals surface area contributed by atoms with Gasteiger partial charge in [-0.2, -0.15) is 9.78 Å². The number of alkyl halides is 3. The van der Waals surface area contributed by atoms with Gasteiger partial charge in [-0.05, 0) is 47.9 Å². The first-order valence-electron chi connectivity index (χ1n) is 10.5. The lowest BCUT2D eigenvalue weighted by molar-refractivity contribution is -0.212. The Morgan fingerprint density at radius 1 is 1.03 bits per heavy atom. The van der Waals surface area contributed by atoms with Gasteiger partial charge in [-0.3, -0.25) is 14.6 Å². The lowest BCUT2D eigenvalue weighted by atomic mass is 9.97. The Labute approximate surface area is 196 Å². The third-order valence-corrected chi connectivity index (χ3v) is 6.23. The van der Waals surface area contributed by atoms with E-state index in [2.05, 4.69) is 10.1 Å². The topological polar surface area (TPSA) is 126 Å². The van der Waals surface area contributed by atoms with E-state index in [-0.39, 0.29) is 17.0 Å². The van der Waals surface area contributed by atoms with Gasteiger partial charge in [-0.15, -0.1) is 13.2 Å². The minimum absolute atomic E-state index is 0.0539. The standard InChI is InChI=1S/C24H18F3N5O3/c25-24(26,27)32-12-15(11-31-32)14-3-6-17-19(9-14)30-8-7-20(17)35-16-4-1-13(2-5-16)18-10-23(18,21(28)33)22(29)34/h1-9,11-12,18H,10H2,(H2,28,33)(H2,29,34). The number of carbonyl (C=O) groups is 2. The summed E-state index contributed by atoms with van der Waals surface area (Å²) < 4.78 is 44.5. The van der Waals surface area contributed by atoms with Gasteiger partial charge in [0.05, 0.1) is 11.7 Å². The van der Waals surface area contributed by atoms with Crippen molar-refractivity contribution in [1.29, 1.82) is 0 Å². The predicted octanol–water partition coefficient (Wildman–Crippen LogP) is 3.81. The molecule has 0 radical (unpaired) electrons. The molecule has 2 aromatic carbocycles. The highest BCUT2D eigenvalue weighted by molar-refractivity contribution is 6.08. The molecule has 0 bridgehead atoms. The van der Waals surface area contributed by atoms with Gasteiger partial charge in [0.25, 0.3) is 0 Å². The third-order valence-electron chi connectivity index (χ3n) is 6.23. The van der Waals surface area contributed by atoms with Crippen LogP contribution in [0.15, 0.2) is 67.1 Å². The molecule has 8 nitrogen and oxygen atoms in total. The molecular formula is C24H18F3N5O3. The number of nitrogens with two attached hydrogens (primary N) is 2. The van der Waals surface area contributed by atoms with Crippen LogP contribution in [0.25, 0.3) is 22.0 Å². The van der Waals surface area contributed by atoms with E-state index < -0.39 is 23.5 Å². The summed E-state index contributed by atoms with van der Waals surface area (Å²) in [6.07, 6.45) is -0.732. The summed E-state index contributed by atoms with van der Waals surface area (Å²) in [5.41, 5.74) is 11.5. The van der Waals surface area contributed by atoms with Gasteiger partial charge in [0.15, 0.2) is 0 Å². The number of primary amides is 2. The number of hydrogen-bond donors (Lipinski definition) is 2. The first kappa shape index (κ1) is 22.4. The van der Waals surface area contributed by atoms with Gasteiger partial charge in [0.2, 0.25) is 11.8 Å². The number of ether oxygens (including phenoxy) is 1. The van der Waals surface area contributed by atoms with Gasteiger partial charge in [-0.25, -0.2) is 0 Å². The highest BCUT2D eigenvalue weighted by Gasteiger charge is 2.64. The van der Waals surface area contributed by atoms with Crippen LogP contribution >= 0.6 is 0 Å². The van der Waals surface area contributed by atoms with Gasteiger partial charge >= 0.3 is 6.30 Å². The third kappa shape index (κ3) is 3.84. The Balaban J connectivity index is 1.38. The minimum Gasteiger partial charge on any atom is -0.457 e. The maximum absolute atomic E-state index is 12.8. The Morgan fingerprint density at radius 3 is 2.34 bits per heavy atom. The molecule has 4 N–H and O–H groups in total. The Bertz CT molecular complexity index is 1450. The largest absolute Gasteiger partial charge is 0.504 e. The monoisotopic (exact) mass is 481 g/mol. The highest BCUT2D eigenvalue weighted by atomic mass is 19.4. The minimum atomic E-state index is -4.59. The molecule has 2 aromatic heterocycles. The van der Waals surface area contributed by atoms with E-state index in [1.54, 1.807) is 48.5 Å². The molecule has 5 rings (SSSR count). The van der Waals surface area contributed by atoms with Crippen LogP contribution in [0.2, 0.25) is 0 Å². The van der Waals surface area contributed by atoms with Crippen molar-refractivity contribution in [3.05, 3.63) is 72.7 Å². The van der Waals surface area contributed by atoms with Crippen LogP contribution in [-0.2, 0) is 15.9 Å². The summed E-state index contributed by atoms with van der Waals surface area (Å²) in [5, 5.41) is 4.02. The smallest absolute Gasteiger partial charge is 0.457 e. The van der Waals surface area contributed by atoms with Crippen molar-refractivity contribution in [1.82, 2.24) is 14.8 Å².